The lowest BCUT2D eigenvalue weighted by Gasteiger charge is -2.07. The summed E-state index contributed by atoms with van der Waals surface area (Å²) in [6.07, 6.45) is 0.906. The Bertz CT molecular complexity index is 1010. The maximum absolute atomic E-state index is 12.2. The van der Waals surface area contributed by atoms with Gasteiger partial charge in [0.25, 0.3) is 5.91 Å². The van der Waals surface area contributed by atoms with E-state index in [1.54, 1.807) is 30.3 Å². The molecule has 27 heavy (non-hydrogen) atoms. The Morgan fingerprint density at radius 2 is 1.85 bits per heavy atom. The number of hydrogen-bond donors (Lipinski definition) is 3. The smallest absolute Gasteiger partial charge is 0.302 e. The Balaban J connectivity index is 1.66. The molecule has 0 radical (unpaired) electrons. The summed E-state index contributed by atoms with van der Waals surface area (Å²) in [5, 5.41) is 8.08. The first-order valence-corrected chi connectivity index (χ1v) is 8.75. The number of benzene rings is 2. The lowest BCUT2D eigenvalue weighted by atomic mass is 10.1. The summed E-state index contributed by atoms with van der Waals surface area (Å²) >= 11 is 5.15. The van der Waals surface area contributed by atoms with Crippen molar-refractivity contribution in [2.24, 2.45) is 0 Å². The molecule has 138 valence electrons. The lowest BCUT2D eigenvalue weighted by molar-refractivity contribution is -0.114. The van der Waals surface area contributed by atoms with Gasteiger partial charge in [-0.15, -0.1) is 0 Å². The van der Waals surface area contributed by atoms with Crippen molar-refractivity contribution in [3.8, 4) is 0 Å². The maximum Gasteiger partial charge on any atom is 0.302 e. The molecule has 0 unspecified atom stereocenters. The number of oxazole rings is 1. The highest BCUT2D eigenvalue weighted by Gasteiger charge is 2.12. The molecule has 3 aromatic rings. The molecule has 7 nitrogen and oxygen atoms in total. The van der Waals surface area contributed by atoms with E-state index in [9.17, 15) is 9.59 Å². The summed E-state index contributed by atoms with van der Waals surface area (Å²) in [5.74, 6) is -0.498. The van der Waals surface area contributed by atoms with Crippen LogP contribution in [0.15, 0.2) is 46.9 Å². The number of hydrogen-bond acceptors (Lipinski definition) is 5. The van der Waals surface area contributed by atoms with Crippen LogP contribution >= 0.6 is 12.2 Å². The van der Waals surface area contributed by atoms with E-state index in [-0.39, 0.29) is 22.9 Å². The van der Waals surface area contributed by atoms with Crippen molar-refractivity contribution in [2.45, 2.75) is 20.3 Å². The zero-order valence-corrected chi connectivity index (χ0v) is 15.6. The summed E-state index contributed by atoms with van der Waals surface area (Å²) in [4.78, 5) is 27.6. The van der Waals surface area contributed by atoms with Gasteiger partial charge in [-0.2, -0.15) is 4.98 Å². The summed E-state index contributed by atoms with van der Waals surface area (Å²) in [5.41, 5.74) is 3.33. The fourth-order valence-electron chi connectivity index (χ4n) is 2.45. The summed E-state index contributed by atoms with van der Waals surface area (Å²) in [7, 11) is 0. The molecule has 3 rings (SSSR count). The third kappa shape index (κ3) is 4.68. The first kappa shape index (κ1) is 18.5. The van der Waals surface area contributed by atoms with Gasteiger partial charge >= 0.3 is 6.01 Å². The van der Waals surface area contributed by atoms with Gasteiger partial charge in [-0.25, -0.2) is 0 Å². The molecule has 2 amide bonds. The van der Waals surface area contributed by atoms with E-state index >= 15 is 0 Å². The van der Waals surface area contributed by atoms with Crippen molar-refractivity contribution in [3.63, 3.8) is 0 Å². The van der Waals surface area contributed by atoms with Crippen LogP contribution < -0.4 is 16.0 Å². The average molecular weight is 382 g/mol. The van der Waals surface area contributed by atoms with Crippen LogP contribution in [0.5, 0.6) is 0 Å². The highest BCUT2D eigenvalue weighted by Crippen LogP contribution is 2.22. The van der Waals surface area contributed by atoms with Crippen LogP contribution in [0.3, 0.4) is 0 Å². The van der Waals surface area contributed by atoms with E-state index in [2.05, 4.69) is 20.9 Å². The van der Waals surface area contributed by atoms with Gasteiger partial charge in [-0.05, 0) is 48.5 Å². The molecule has 0 saturated carbocycles. The normalized spacial score (nSPS) is 10.4. The maximum atomic E-state index is 12.2. The van der Waals surface area contributed by atoms with Crippen molar-refractivity contribution in [1.82, 2.24) is 10.3 Å². The number of amides is 2. The number of anilines is 2. The van der Waals surface area contributed by atoms with Crippen LogP contribution in [-0.4, -0.2) is 21.9 Å². The Kier molecular flexibility index (Phi) is 5.46. The molecule has 3 N–H and O–H groups in total. The molecular weight excluding hydrogens is 364 g/mol. The van der Waals surface area contributed by atoms with Gasteiger partial charge in [0, 0.05) is 24.2 Å². The van der Waals surface area contributed by atoms with Crippen molar-refractivity contribution < 1.29 is 14.0 Å². The van der Waals surface area contributed by atoms with Crippen molar-refractivity contribution in [2.75, 3.05) is 10.6 Å². The molecule has 0 aliphatic carbocycles. The van der Waals surface area contributed by atoms with Gasteiger partial charge in [-0.1, -0.05) is 19.1 Å². The van der Waals surface area contributed by atoms with Crippen molar-refractivity contribution in [1.29, 1.82) is 0 Å². The molecule has 1 heterocycles. The van der Waals surface area contributed by atoms with Crippen LogP contribution in [-0.2, 0) is 11.2 Å². The Morgan fingerprint density at radius 3 is 2.52 bits per heavy atom. The molecule has 0 spiro atoms. The van der Waals surface area contributed by atoms with Gasteiger partial charge in [0.1, 0.15) is 5.52 Å². The Labute approximate surface area is 161 Å². The molecule has 0 fully saturated rings. The van der Waals surface area contributed by atoms with E-state index in [0.29, 0.717) is 22.4 Å². The number of nitrogens with one attached hydrogen (secondary N) is 3. The quantitative estimate of drug-likeness (QED) is 0.598. The number of carbonyl (C=O) groups excluding carboxylic acids is 2. The summed E-state index contributed by atoms with van der Waals surface area (Å²) < 4.78 is 5.57. The van der Waals surface area contributed by atoms with Gasteiger partial charge < -0.3 is 9.73 Å². The zero-order valence-electron chi connectivity index (χ0n) is 14.8. The molecule has 0 aliphatic heterocycles. The Morgan fingerprint density at radius 1 is 1.11 bits per heavy atom. The molecule has 0 bridgehead atoms. The lowest BCUT2D eigenvalue weighted by Crippen LogP contribution is -2.34. The first-order chi connectivity index (χ1) is 12.9. The predicted molar refractivity (Wildman–Crippen MR) is 108 cm³/mol. The number of aromatic nitrogens is 1. The fourth-order valence-corrected chi connectivity index (χ4v) is 2.63. The summed E-state index contributed by atoms with van der Waals surface area (Å²) in [6, 6.07) is 12.5. The average Bonchev–Trinajstić information content (AvgIpc) is 3.02. The number of aryl methyl sites for hydroxylation is 1. The van der Waals surface area contributed by atoms with Crippen molar-refractivity contribution >= 4 is 51.9 Å². The highest BCUT2D eigenvalue weighted by atomic mass is 32.1. The number of nitrogens with zero attached hydrogens (tertiary/aromatic N) is 1. The second-order valence-electron chi connectivity index (χ2n) is 5.84. The van der Waals surface area contributed by atoms with Gasteiger partial charge in [0.15, 0.2) is 10.7 Å². The molecule has 0 aliphatic rings. The topological polar surface area (TPSA) is 96.3 Å². The second kappa shape index (κ2) is 7.96. The second-order valence-corrected chi connectivity index (χ2v) is 6.25. The molecule has 0 atom stereocenters. The van der Waals surface area contributed by atoms with E-state index in [4.69, 9.17) is 16.6 Å². The first-order valence-electron chi connectivity index (χ1n) is 8.34. The molecule has 2 aromatic carbocycles. The fraction of sp³-hybridized carbons (Fsp3) is 0.158. The highest BCUT2D eigenvalue weighted by molar-refractivity contribution is 7.80. The third-order valence-corrected chi connectivity index (χ3v) is 3.98. The standard InChI is InChI=1S/C19H18N4O3S/c1-3-12-4-6-13(7-5-12)17(25)22-19(27)23-18-21-15-9-8-14(20-11(2)24)10-16(15)26-18/h4-10H,3H2,1-2H3,(H,20,24)(H2,21,22,23,25,27). The van der Waals surface area contributed by atoms with Gasteiger partial charge in [0.2, 0.25) is 5.91 Å². The van der Waals surface area contributed by atoms with E-state index < -0.39 is 0 Å². The van der Waals surface area contributed by atoms with Crippen molar-refractivity contribution in [3.05, 3.63) is 53.6 Å². The molecule has 8 heteroatoms. The third-order valence-electron chi connectivity index (χ3n) is 3.78. The van der Waals surface area contributed by atoms with Crippen LogP contribution in [0.25, 0.3) is 11.1 Å². The number of rotatable bonds is 4. The van der Waals surface area contributed by atoms with E-state index in [0.717, 1.165) is 12.0 Å². The van der Waals surface area contributed by atoms with E-state index in [1.165, 1.54) is 6.92 Å². The van der Waals surface area contributed by atoms with Crippen LogP contribution in [0.4, 0.5) is 11.7 Å². The number of carbonyl (C=O) groups is 2. The minimum Gasteiger partial charge on any atom is -0.423 e. The predicted octanol–water partition coefficient (Wildman–Crippen LogP) is 3.48. The molecule has 0 saturated heterocycles. The van der Waals surface area contributed by atoms with Crippen LogP contribution in [0, 0.1) is 0 Å². The Hall–Kier alpha value is -3.26. The largest absolute Gasteiger partial charge is 0.423 e. The number of thiocarbonyl (C=S) groups is 1. The minimum atomic E-state index is -0.320. The molecular formula is C19H18N4O3S. The number of fused-ring (bicyclic) bond motifs is 1. The zero-order chi connectivity index (χ0) is 19.4. The SMILES string of the molecule is CCc1ccc(C(=O)NC(=S)Nc2nc3ccc(NC(C)=O)cc3o2)cc1. The van der Waals surface area contributed by atoms with Gasteiger partial charge in [0.05, 0.1) is 0 Å². The summed E-state index contributed by atoms with van der Waals surface area (Å²) in [6.45, 7) is 3.47. The van der Waals surface area contributed by atoms with Crippen LogP contribution in [0.1, 0.15) is 29.8 Å². The monoisotopic (exact) mass is 382 g/mol. The van der Waals surface area contributed by atoms with Crippen LogP contribution in [0.2, 0.25) is 0 Å². The van der Waals surface area contributed by atoms with E-state index in [1.807, 2.05) is 19.1 Å². The van der Waals surface area contributed by atoms with Gasteiger partial charge in [-0.3, -0.25) is 20.2 Å². The minimum absolute atomic E-state index is 0.0770. The molecule has 1 aromatic heterocycles.